The number of alkyl halides is 3. The number of nitrogens with one attached hydrogen (secondary N) is 1. The summed E-state index contributed by atoms with van der Waals surface area (Å²) in [6.07, 6.45) is -4.38. The van der Waals surface area contributed by atoms with Crippen molar-refractivity contribution >= 4 is 21.6 Å². The summed E-state index contributed by atoms with van der Waals surface area (Å²) in [6, 6.07) is 10.3. The average Bonchev–Trinajstić information content (AvgIpc) is 2.52. The topological polar surface area (TPSA) is 89.3 Å². The molecule has 0 spiro atoms. The third kappa shape index (κ3) is 5.30. The molecule has 0 aliphatic carbocycles. The van der Waals surface area contributed by atoms with Crippen molar-refractivity contribution < 1.29 is 26.4 Å². The lowest BCUT2D eigenvalue weighted by Gasteiger charge is -2.13. The predicted octanol–water partition coefficient (Wildman–Crippen LogP) is 2.92. The smallest absolute Gasteiger partial charge is 0.325 e. The van der Waals surface area contributed by atoms with Gasteiger partial charge in [-0.1, -0.05) is 24.3 Å². The van der Waals surface area contributed by atoms with Crippen molar-refractivity contribution in [3.8, 4) is 0 Å². The molecule has 2 aromatic carbocycles. The van der Waals surface area contributed by atoms with E-state index in [2.05, 4.69) is 5.32 Å². The van der Waals surface area contributed by atoms with E-state index in [1.165, 1.54) is 42.5 Å². The molecule has 25 heavy (non-hydrogen) atoms. The quantitative estimate of drug-likeness (QED) is 0.846. The van der Waals surface area contributed by atoms with Crippen LogP contribution < -0.4 is 10.5 Å². The maximum atomic E-state index is 12.9. The molecule has 0 saturated heterocycles. The number of hydrogen-bond donors (Lipinski definition) is 2. The molecule has 2 rings (SSSR count). The number of benzene rings is 2. The highest BCUT2D eigenvalue weighted by Gasteiger charge is 2.33. The van der Waals surface area contributed by atoms with Crippen LogP contribution in [0.2, 0.25) is 0 Å². The van der Waals surface area contributed by atoms with Crippen molar-refractivity contribution in [1.29, 1.82) is 0 Å². The minimum absolute atomic E-state index is 0.0546. The van der Waals surface area contributed by atoms with Crippen LogP contribution in [0.5, 0.6) is 0 Å². The number of amides is 1. The highest BCUT2D eigenvalue weighted by Crippen LogP contribution is 2.34. The fourth-order valence-corrected chi connectivity index (χ4v) is 2.67. The van der Waals surface area contributed by atoms with Crippen LogP contribution in [-0.2, 0) is 27.4 Å². The summed E-state index contributed by atoms with van der Waals surface area (Å²) in [5.74, 6) is -0.577. The van der Waals surface area contributed by atoms with Crippen LogP contribution in [0.3, 0.4) is 0 Å². The normalized spacial score (nSPS) is 12.0. The minimum atomic E-state index is -4.56. The van der Waals surface area contributed by atoms with E-state index in [1.54, 1.807) is 0 Å². The average molecular weight is 372 g/mol. The second-order valence-electron chi connectivity index (χ2n) is 5.28. The molecule has 5 nitrogen and oxygen atoms in total. The summed E-state index contributed by atoms with van der Waals surface area (Å²) >= 11 is 0. The molecule has 0 aliphatic heterocycles. The van der Waals surface area contributed by atoms with Gasteiger partial charge in [0.15, 0.2) is 0 Å². The zero-order valence-electron chi connectivity index (χ0n) is 12.9. The van der Waals surface area contributed by atoms with Gasteiger partial charge in [-0.15, -0.1) is 0 Å². The number of carbonyl (C=O) groups is 1. The molecule has 0 fully saturated rings. The van der Waals surface area contributed by atoms with Crippen LogP contribution in [0.4, 0.5) is 18.9 Å². The van der Waals surface area contributed by atoms with E-state index in [0.29, 0.717) is 5.56 Å². The molecule has 0 unspecified atom stereocenters. The third-order valence-corrected chi connectivity index (χ3v) is 4.33. The Morgan fingerprint density at radius 1 is 1.04 bits per heavy atom. The molecule has 0 atom stereocenters. The molecule has 1 amide bonds. The largest absolute Gasteiger partial charge is 0.418 e. The first kappa shape index (κ1) is 18.9. The number of rotatable bonds is 5. The monoisotopic (exact) mass is 372 g/mol. The fourth-order valence-electron chi connectivity index (χ4n) is 2.16. The van der Waals surface area contributed by atoms with E-state index in [4.69, 9.17) is 5.14 Å². The molecule has 3 N–H and O–H groups in total. The lowest BCUT2D eigenvalue weighted by Crippen LogP contribution is -2.17. The minimum Gasteiger partial charge on any atom is -0.325 e. The molecule has 134 valence electrons. The number of halogens is 3. The summed E-state index contributed by atoms with van der Waals surface area (Å²) in [5.41, 5.74) is -0.558. The Morgan fingerprint density at radius 2 is 1.64 bits per heavy atom. The standard InChI is InChI=1S/C16H15F3N2O3S/c17-16(18,19)13-3-1-2-4-14(13)21-15(22)10-7-11-5-8-12(9-6-11)25(20,23)24/h1-6,8-9H,7,10H2,(H,21,22)(H2,20,23,24). The third-order valence-electron chi connectivity index (χ3n) is 3.40. The van der Waals surface area contributed by atoms with Crippen molar-refractivity contribution in [3.05, 3.63) is 59.7 Å². The van der Waals surface area contributed by atoms with E-state index in [1.807, 2.05) is 0 Å². The second-order valence-corrected chi connectivity index (χ2v) is 6.84. The summed E-state index contributed by atoms with van der Waals surface area (Å²) < 4.78 is 60.9. The number of carbonyl (C=O) groups excluding carboxylic acids is 1. The van der Waals surface area contributed by atoms with Crippen LogP contribution in [-0.4, -0.2) is 14.3 Å². The first-order chi connectivity index (χ1) is 11.6. The van der Waals surface area contributed by atoms with Gasteiger partial charge in [0.25, 0.3) is 0 Å². The van der Waals surface area contributed by atoms with Gasteiger partial charge in [0, 0.05) is 6.42 Å². The molecule has 0 saturated carbocycles. The summed E-state index contributed by atoms with van der Waals surface area (Å²) in [7, 11) is -3.80. The second kappa shape index (κ2) is 7.24. The number of nitrogens with two attached hydrogens (primary N) is 1. The van der Waals surface area contributed by atoms with Gasteiger partial charge in [0.2, 0.25) is 15.9 Å². The van der Waals surface area contributed by atoms with Gasteiger partial charge in [-0.2, -0.15) is 13.2 Å². The number of sulfonamides is 1. The molecule has 0 bridgehead atoms. The molecule has 2 aromatic rings. The van der Waals surface area contributed by atoms with E-state index in [9.17, 15) is 26.4 Å². The van der Waals surface area contributed by atoms with Gasteiger partial charge >= 0.3 is 6.18 Å². The van der Waals surface area contributed by atoms with Gasteiger partial charge in [-0.3, -0.25) is 4.79 Å². The van der Waals surface area contributed by atoms with E-state index in [-0.39, 0.29) is 23.4 Å². The van der Waals surface area contributed by atoms with Gasteiger partial charge in [0.05, 0.1) is 16.1 Å². The first-order valence-electron chi connectivity index (χ1n) is 7.15. The Morgan fingerprint density at radius 3 is 2.20 bits per heavy atom. The molecule has 0 heterocycles. The first-order valence-corrected chi connectivity index (χ1v) is 8.70. The van der Waals surface area contributed by atoms with E-state index < -0.39 is 27.7 Å². The molecular formula is C16H15F3N2O3S. The Hall–Kier alpha value is -2.39. The van der Waals surface area contributed by atoms with Gasteiger partial charge in [-0.25, -0.2) is 13.6 Å². The van der Waals surface area contributed by atoms with Crippen LogP contribution >= 0.6 is 0 Å². The van der Waals surface area contributed by atoms with Crippen molar-refractivity contribution in [2.24, 2.45) is 5.14 Å². The van der Waals surface area contributed by atoms with Crippen LogP contribution in [0.1, 0.15) is 17.5 Å². The van der Waals surface area contributed by atoms with Crippen LogP contribution in [0.15, 0.2) is 53.4 Å². The summed E-state index contributed by atoms with van der Waals surface area (Å²) in [4.78, 5) is 11.8. The van der Waals surface area contributed by atoms with Crippen LogP contribution in [0, 0.1) is 0 Å². The van der Waals surface area contributed by atoms with Crippen molar-refractivity contribution in [2.45, 2.75) is 23.9 Å². The van der Waals surface area contributed by atoms with Crippen molar-refractivity contribution in [1.82, 2.24) is 0 Å². The van der Waals surface area contributed by atoms with Crippen LogP contribution in [0.25, 0.3) is 0 Å². The summed E-state index contributed by atoms with van der Waals surface area (Å²) in [6.45, 7) is 0. The van der Waals surface area contributed by atoms with E-state index >= 15 is 0 Å². The number of primary sulfonamides is 1. The highest BCUT2D eigenvalue weighted by molar-refractivity contribution is 7.89. The lowest BCUT2D eigenvalue weighted by atomic mass is 10.1. The molecule has 0 radical (unpaired) electrons. The Labute approximate surface area is 142 Å². The van der Waals surface area contributed by atoms with E-state index in [0.717, 1.165) is 6.07 Å². The summed E-state index contributed by atoms with van der Waals surface area (Å²) in [5, 5.41) is 7.23. The predicted molar refractivity (Wildman–Crippen MR) is 86.2 cm³/mol. The maximum absolute atomic E-state index is 12.9. The van der Waals surface area contributed by atoms with Gasteiger partial charge in [-0.05, 0) is 36.2 Å². The van der Waals surface area contributed by atoms with Crippen molar-refractivity contribution in [3.63, 3.8) is 0 Å². The molecule has 0 aliphatic rings. The zero-order valence-corrected chi connectivity index (χ0v) is 13.7. The number of hydrogen-bond acceptors (Lipinski definition) is 3. The molecule has 9 heteroatoms. The van der Waals surface area contributed by atoms with Gasteiger partial charge in [0.1, 0.15) is 0 Å². The Bertz CT molecular complexity index is 863. The number of aryl methyl sites for hydroxylation is 1. The maximum Gasteiger partial charge on any atom is 0.418 e. The Kier molecular flexibility index (Phi) is 5.48. The van der Waals surface area contributed by atoms with Gasteiger partial charge < -0.3 is 5.32 Å². The Balaban J connectivity index is 2.00. The fraction of sp³-hybridized carbons (Fsp3) is 0.188. The highest BCUT2D eigenvalue weighted by atomic mass is 32.2. The molecular weight excluding hydrogens is 357 g/mol. The number of para-hydroxylation sites is 1. The van der Waals surface area contributed by atoms with Crippen molar-refractivity contribution in [2.75, 3.05) is 5.32 Å². The number of anilines is 1. The zero-order chi connectivity index (χ0) is 18.7. The lowest BCUT2D eigenvalue weighted by molar-refractivity contribution is -0.137. The SMILES string of the molecule is NS(=O)(=O)c1ccc(CCC(=O)Nc2ccccc2C(F)(F)F)cc1. The molecule has 0 aromatic heterocycles.